The zero-order valence-electron chi connectivity index (χ0n) is 19.5. The molecule has 0 spiro atoms. The van der Waals surface area contributed by atoms with Gasteiger partial charge in [0.05, 0.1) is 23.9 Å². The fraction of sp³-hybridized carbons (Fsp3) is 0.320. The molecule has 0 bridgehead atoms. The minimum Gasteiger partial charge on any atom is -0.390 e. The van der Waals surface area contributed by atoms with E-state index in [1.54, 1.807) is 12.3 Å². The number of fused-ring (bicyclic) bond motifs is 1. The molecule has 12 heteroatoms. The van der Waals surface area contributed by atoms with E-state index in [0.29, 0.717) is 41.3 Å². The molecule has 37 heavy (non-hydrogen) atoms. The average Bonchev–Trinajstić information content (AvgIpc) is 3.74. The van der Waals surface area contributed by atoms with E-state index < -0.39 is 29.5 Å². The second-order valence-electron chi connectivity index (χ2n) is 9.25. The van der Waals surface area contributed by atoms with Gasteiger partial charge in [-0.1, -0.05) is 0 Å². The summed E-state index contributed by atoms with van der Waals surface area (Å²) in [4.78, 5) is 21.4. The van der Waals surface area contributed by atoms with Crippen LogP contribution in [0.2, 0.25) is 0 Å². The number of hydrogen-bond acceptors (Lipinski definition) is 9. The maximum absolute atomic E-state index is 14.1. The summed E-state index contributed by atoms with van der Waals surface area (Å²) in [6, 6.07) is 3.38. The third kappa shape index (κ3) is 4.77. The summed E-state index contributed by atoms with van der Waals surface area (Å²) in [6.45, 7) is 1.25. The molecule has 1 saturated carbocycles. The van der Waals surface area contributed by atoms with Gasteiger partial charge in [-0.3, -0.25) is 4.98 Å². The minimum absolute atomic E-state index is 0.103. The highest BCUT2D eigenvalue weighted by molar-refractivity contribution is 5.93. The summed E-state index contributed by atoms with van der Waals surface area (Å²) in [5.41, 5.74) is 2.25. The number of piperidine rings is 1. The van der Waals surface area contributed by atoms with Gasteiger partial charge in [-0.25, -0.2) is 19.3 Å². The molecule has 0 amide bonds. The molecule has 0 aromatic carbocycles. The number of aliphatic hydroxyl groups is 1. The first-order valence-electron chi connectivity index (χ1n) is 12.0. The fourth-order valence-electron chi connectivity index (χ4n) is 4.54. The van der Waals surface area contributed by atoms with Gasteiger partial charge in [-0.05, 0) is 49.4 Å². The number of halogens is 3. The number of anilines is 3. The van der Waals surface area contributed by atoms with Crippen molar-refractivity contribution in [1.29, 1.82) is 0 Å². The van der Waals surface area contributed by atoms with E-state index in [9.17, 15) is 18.3 Å². The summed E-state index contributed by atoms with van der Waals surface area (Å²) in [5.74, 6) is -3.02. The molecule has 190 valence electrons. The van der Waals surface area contributed by atoms with Gasteiger partial charge in [0, 0.05) is 36.0 Å². The van der Waals surface area contributed by atoms with E-state index in [-0.39, 0.29) is 11.9 Å². The largest absolute Gasteiger partial charge is 0.390 e. The smallest absolute Gasteiger partial charge is 0.217 e. The van der Waals surface area contributed by atoms with Gasteiger partial charge in [0.15, 0.2) is 17.5 Å². The lowest BCUT2D eigenvalue weighted by molar-refractivity contribution is 0.128. The van der Waals surface area contributed by atoms with Crippen LogP contribution in [-0.2, 0) is 0 Å². The Morgan fingerprint density at radius 2 is 1.86 bits per heavy atom. The summed E-state index contributed by atoms with van der Waals surface area (Å²) < 4.78 is 41.3. The van der Waals surface area contributed by atoms with Crippen LogP contribution in [0.15, 0.2) is 36.8 Å². The first kappa shape index (κ1) is 23.5. The number of nitrogens with one attached hydrogen (secondary N) is 3. The van der Waals surface area contributed by atoms with E-state index in [1.807, 2.05) is 6.20 Å². The van der Waals surface area contributed by atoms with Crippen LogP contribution in [0.1, 0.15) is 30.7 Å². The minimum atomic E-state index is -1.36. The molecule has 2 fully saturated rings. The third-order valence-electron chi connectivity index (χ3n) is 6.57. The van der Waals surface area contributed by atoms with Crippen molar-refractivity contribution in [3.63, 3.8) is 0 Å². The normalized spacial score (nSPS) is 19.7. The van der Waals surface area contributed by atoms with Crippen molar-refractivity contribution in [2.45, 2.75) is 37.3 Å². The van der Waals surface area contributed by atoms with Crippen molar-refractivity contribution >= 4 is 28.4 Å². The van der Waals surface area contributed by atoms with Crippen LogP contribution in [0.25, 0.3) is 22.3 Å². The van der Waals surface area contributed by atoms with Gasteiger partial charge in [0.1, 0.15) is 11.6 Å². The van der Waals surface area contributed by atoms with Crippen LogP contribution >= 0.6 is 0 Å². The van der Waals surface area contributed by atoms with E-state index in [4.69, 9.17) is 9.97 Å². The van der Waals surface area contributed by atoms with Crippen LogP contribution in [-0.4, -0.2) is 55.3 Å². The number of β-amino-alcohol motifs (C(OH)–C–C–N with tert-alkyl or cyclic N) is 1. The standard InChI is InChI=1S/C25H23F3N8O/c26-15-8-19(27)34-25(22(15)28)35-20-7-13(3-6-31-20)23-33-17-10-30-9-14(12-1-2-12)21(17)24(36-23)32-16-4-5-29-11-18(16)37/h3,6-10,12,16,18,29,37H,1-2,4-5,11H2,(H,31,34,35)(H,32,33,36)/t16-,18-/m1/s1. The molecule has 1 aliphatic carbocycles. The van der Waals surface area contributed by atoms with Crippen molar-refractivity contribution < 1.29 is 18.3 Å². The van der Waals surface area contributed by atoms with Crippen LogP contribution in [0, 0.1) is 17.6 Å². The Labute approximate surface area is 209 Å². The molecule has 2 atom stereocenters. The van der Waals surface area contributed by atoms with Gasteiger partial charge in [0.25, 0.3) is 0 Å². The Balaban J connectivity index is 1.41. The van der Waals surface area contributed by atoms with Gasteiger partial charge in [0.2, 0.25) is 11.8 Å². The second-order valence-corrected chi connectivity index (χ2v) is 9.25. The number of pyridine rings is 3. The maximum atomic E-state index is 14.1. The van der Waals surface area contributed by atoms with Crippen molar-refractivity contribution in [3.8, 4) is 11.4 Å². The van der Waals surface area contributed by atoms with Crippen molar-refractivity contribution in [3.05, 3.63) is 59.9 Å². The van der Waals surface area contributed by atoms with Crippen molar-refractivity contribution in [1.82, 2.24) is 30.2 Å². The molecule has 4 aromatic rings. The molecule has 1 aliphatic heterocycles. The zero-order valence-corrected chi connectivity index (χ0v) is 19.5. The molecule has 0 unspecified atom stereocenters. The van der Waals surface area contributed by atoms with Crippen molar-refractivity contribution in [2.75, 3.05) is 23.7 Å². The van der Waals surface area contributed by atoms with Gasteiger partial charge < -0.3 is 21.1 Å². The van der Waals surface area contributed by atoms with Gasteiger partial charge in [-0.15, -0.1) is 0 Å². The van der Waals surface area contributed by atoms with E-state index in [1.165, 1.54) is 12.3 Å². The third-order valence-corrected chi connectivity index (χ3v) is 6.57. The maximum Gasteiger partial charge on any atom is 0.217 e. The highest BCUT2D eigenvalue weighted by Crippen LogP contribution is 2.44. The lowest BCUT2D eigenvalue weighted by atomic mass is 10.0. The number of nitrogens with zero attached hydrogens (tertiary/aromatic N) is 5. The quantitative estimate of drug-likeness (QED) is 0.289. The predicted octanol–water partition coefficient (Wildman–Crippen LogP) is 3.65. The molecule has 5 heterocycles. The highest BCUT2D eigenvalue weighted by atomic mass is 19.2. The molecule has 2 aliphatic rings. The summed E-state index contributed by atoms with van der Waals surface area (Å²) in [6.07, 6.45) is 7.25. The highest BCUT2D eigenvalue weighted by Gasteiger charge is 2.30. The molecule has 4 N–H and O–H groups in total. The summed E-state index contributed by atoms with van der Waals surface area (Å²) in [7, 11) is 0. The van der Waals surface area contributed by atoms with E-state index >= 15 is 0 Å². The molecule has 4 aromatic heterocycles. The molecule has 0 radical (unpaired) electrons. The van der Waals surface area contributed by atoms with Gasteiger partial charge >= 0.3 is 0 Å². The van der Waals surface area contributed by atoms with E-state index in [0.717, 1.165) is 36.8 Å². The lowest BCUT2D eigenvalue weighted by Gasteiger charge is -2.30. The molecule has 9 nitrogen and oxygen atoms in total. The summed E-state index contributed by atoms with van der Waals surface area (Å²) in [5, 5.41) is 20.5. The molecule has 1 saturated heterocycles. The Hall–Kier alpha value is -3.90. The van der Waals surface area contributed by atoms with Crippen LogP contribution < -0.4 is 16.0 Å². The van der Waals surface area contributed by atoms with Gasteiger partial charge in [-0.2, -0.15) is 13.8 Å². The number of aromatic nitrogens is 5. The molecule has 6 rings (SSSR count). The monoisotopic (exact) mass is 508 g/mol. The van der Waals surface area contributed by atoms with Crippen LogP contribution in [0.3, 0.4) is 0 Å². The predicted molar refractivity (Wildman–Crippen MR) is 131 cm³/mol. The SMILES string of the molecule is O[C@@H]1CNCC[C@H]1Nc1nc(-c2ccnc(Nc3nc(F)cc(F)c3F)c2)nc2cncc(C3CC3)c12. The Morgan fingerprint density at radius 3 is 2.68 bits per heavy atom. The van der Waals surface area contributed by atoms with Crippen LogP contribution in [0.4, 0.5) is 30.6 Å². The second kappa shape index (κ2) is 9.52. The van der Waals surface area contributed by atoms with Crippen LogP contribution in [0.5, 0.6) is 0 Å². The number of aliphatic hydroxyl groups excluding tert-OH is 1. The number of rotatable bonds is 6. The average molecular weight is 509 g/mol. The summed E-state index contributed by atoms with van der Waals surface area (Å²) >= 11 is 0. The zero-order chi connectivity index (χ0) is 25.5. The first-order valence-corrected chi connectivity index (χ1v) is 12.0. The molecular formula is C25H23F3N8O. The lowest BCUT2D eigenvalue weighted by Crippen LogP contribution is -2.47. The van der Waals surface area contributed by atoms with E-state index in [2.05, 4.69) is 30.9 Å². The first-order chi connectivity index (χ1) is 18.0. The Morgan fingerprint density at radius 1 is 1.00 bits per heavy atom. The fourth-order valence-corrected chi connectivity index (χ4v) is 4.54. The van der Waals surface area contributed by atoms with Crippen molar-refractivity contribution in [2.24, 2.45) is 0 Å². The molecular weight excluding hydrogens is 485 g/mol. The number of hydrogen-bond donors (Lipinski definition) is 4. The Kier molecular flexibility index (Phi) is 6.05. The topological polar surface area (TPSA) is 121 Å². The Bertz CT molecular complexity index is 1480.